The molecular formula is C22H32N4O7S. The summed E-state index contributed by atoms with van der Waals surface area (Å²) in [5.41, 5.74) is 6.52. The third kappa shape index (κ3) is 9.79. The van der Waals surface area contributed by atoms with E-state index in [-0.39, 0.29) is 24.5 Å². The van der Waals surface area contributed by atoms with Gasteiger partial charge < -0.3 is 31.9 Å². The molecule has 7 N–H and O–H groups in total. The Morgan fingerprint density at radius 2 is 1.41 bits per heavy atom. The molecule has 0 heterocycles. The Labute approximate surface area is 203 Å². The predicted molar refractivity (Wildman–Crippen MR) is 127 cm³/mol. The minimum Gasteiger partial charge on any atom is -0.481 e. The molecule has 188 valence electrons. The fourth-order valence-electron chi connectivity index (χ4n) is 2.90. The van der Waals surface area contributed by atoms with Crippen LogP contribution < -0.4 is 21.7 Å². The van der Waals surface area contributed by atoms with Crippen LogP contribution in [0.15, 0.2) is 30.3 Å². The Morgan fingerprint density at radius 3 is 1.91 bits per heavy atom. The summed E-state index contributed by atoms with van der Waals surface area (Å²) in [7, 11) is 0. The molecule has 1 aromatic rings. The molecule has 12 heteroatoms. The SMILES string of the molecule is CC(C)C(N)C(=O)NC(CCC(=O)O)C(=O)NC(Cc1ccccc1)C(=O)NC(CS)C(=O)O. The molecule has 0 fully saturated rings. The second-order valence-corrected chi connectivity index (χ2v) is 8.46. The van der Waals surface area contributed by atoms with Crippen molar-refractivity contribution in [1.82, 2.24) is 16.0 Å². The van der Waals surface area contributed by atoms with Crippen LogP contribution in [0, 0.1) is 5.92 Å². The summed E-state index contributed by atoms with van der Waals surface area (Å²) in [5.74, 6) is -5.05. The van der Waals surface area contributed by atoms with E-state index in [0.29, 0.717) is 5.56 Å². The van der Waals surface area contributed by atoms with Crippen molar-refractivity contribution in [2.45, 2.75) is 57.3 Å². The van der Waals surface area contributed by atoms with Gasteiger partial charge in [0.25, 0.3) is 0 Å². The van der Waals surface area contributed by atoms with Crippen LogP contribution >= 0.6 is 12.6 Å². The lowest BCUT2D eigenvalue weighted by Gasteiger charge is -2.25. The first kappa shape index (κ1) is 28.9. The second-order valence-electron chi connectivity index (χ2n) is 8.10. The number of nitrogens with one attached hydrogen (secondary N) is 3. The zero-order valence-corrected chi connectivity index (χ0v) is 20.0. The minimum atomic E-state index is -1.29. The number of rotatable bonds is 14. The highest BCUT2D eigenvalue weighted by Gasteiger charge is 2.31. The van der Waals surface area contributed by atoms with Crippen molar-refractivity contribution in [3.8, 4) is 0 Å². The molecule has 34 heavy (non-hydrogen) atoms. The summed E-state index contributed by atoms with van der Waals surface area (Å²) in [6, 6.07) is 4.04. The second kappa shape index (κ2) is 14.2. The van der Waals surface area contributed by atoms with E-state index in [1.54, 1.807) is 44.2 Å². The summed E-state index contributed by atoms with van der Waals surface area (Å²) in [4.78, 5) is 60.6. The topological polar surface area (TPSA) is 188 Å². The molecule has 11 nitrogen and oxygen atoms in total. The summed E-state index contributed by atoms with van der Waals surface area (Å²) >= 11 is 3.92. The lowest BCUT2D eigenvalue weighted by molar-refractivity contribution is -0.141. The molecule has 0 bridgehead atoms. The Bertz CT molecular complexity index is 866. The number of hydrogen-bond donors (Lipinski definition) is 7. The maximum atomic E-state index is 13.0. The molecule has 1 rings (SSSR count). The number of hydrogen-bond acceptors (Lipinski definition) is 7. The van der Waals surface area contributed by atoms with Gasteiger partial charge in [0.1, 0.15) is 18.1 Å². The zero-order valence-electron chi connectivity index (χ0n) is 19.1. The average molecular weight is 497 g/mol. The fourth-order valence-corrected chi connectivity index (χ4v) is 3.14. The largest absolute Gasteiger partial charge is 0.481 e. The van der Waals surface area contributed by atoms with E-state index in [2.05, 4.69) is 28.6 Å². The van der Waals surface area contributed by atoms with Crippen LogP contribution in [0.1, 0.15) is 32.3 Å². The molecule has 1 aromatic carbocycles. The van der Waals surface area contributed by atoms with Crippen LogP contribution in [0.2, 0.25) is 0 Å². The molecule has 0 aliphatic heterocycles. The summed E-state index contributed by atoms with van der Waals surface area (Å²) < 4.78 is 0. The lowest BCUT2D eigenvalue weighted by atomic mass is 10.0. The molecule has 0 radical (unpaired) electrons. The van der Waals surface area contributed by atoms with Gasteiger partial charge in [0.2, 0.25) is 17.7 Å². The third-order valence-electron chi connectivity index (χ3n) is 5.01. The van der Waals surface area contributed by atoms with Crippen molar-refractivity contribution in [3.05, 3.63) is 35.9 Å². The first-order valence-electron chi connectivity index (χ1n) is 10.7. The summed E-state index contributed by atoms with van der Waals surface area (Å²) in [6.45, 7) is 3.44. The number of benzene rings is 1. The molecule has 0 spiro atoms. The molecule has 4 atom stereocenters. The van der Waals surface area contributed by atoms with Crippen LogP contribution in [-0.4, -0.2) is 69.8 Å². The average Bonchev–Trinajstić information content (AvgIpc) is 2.78. The van der Waals surface area contributed by atoms with Crippen LogP contribution in [0.5, 0.6) is 0 Å². The number of carbonyl (C=O) groups excluding carboxylic acids is 3. The molecule has 0 aromatic heterocycles. The van der Waals surface area contributed by atoms with Crippen molar-refractivity contribution < 1.29 is 34.2 Å². The standard InChI is InChI=1S/C22H32N4O7S/c1-12(2)18(23)21(31)24-14(8-9-17(27)28)19(29)25-15(10-13-6-4-3-5-7-13)20(30)26-16(11-34)22(32)33/h3-7,12,14-16,18,34H,8-11,23H2,1-2H3,(H,24,31)(H,25,29)(H,26,30)(H,27,28)(H,32,33). The Balaban J connectivity index is 3.11. The quantitative estimate of drug-likeness (QED) is 0.169. The van der Waals surface area contributed by atoms with Crippen molar-refractivity contribution in [1.29, 1.82) is 0 Å². The van der Waals surface area contributed by atoms with E-state index >= 15 is 0 Å². The van der Waals surface area contributed by atoms with Crippen molar-refractivity contribution >= 4 is 42.3 Å². The number of amides is 3. The third-order valence-corrected chi connectivity index (χ3v) is 5.38. The molecule has 0 aliphatic rings. The molecular weight excluding hydrogens is 464 g/mol. The van der Waals surface area contributed by atoms with Crippen LogP contribution in [0.4, 0.5) is 0 Å². The highest BCUT2D eigenvalue weighted by Crippen LogP contribution is 2.07. The molecule has 0 aliphatic carbocycles. The molecule has 4 unspecified atom stereocenters. The first-order chi connectivity index (χ1) is 16.0. The zero-order chi connectivity index (χ0) is 25.8. The van der Waals surface area contributed by atoms with Crippen LogP contribution in [0.25, 0.3) is 0 Å². The summed E-state index contributed by atoms with van der Waals surface area (Å²) in [5, 5.41) is 25.5. The van der Waals surface area contributed by atoms with Gasteiger partial charge in [-0.15, -0.1) is 0 Å². The predicted octanol–water partition coefficient (Wildman–Crippen LogP) is -0.454. The maximum Gasteiger partial charge on any atom is 0.327 e. The number of aliphatic carboxylic acids is 2. The van der Waals surface area contributed by atoms with Crippen molar-refractivity contribution in [2.75, 3.05) is 5.75 Å². The van der Waals surface area contributed by atoms with Gasteiger partial charge in [-0.25, -0.2) is 4.79 Å². The Hall–Kier alpha value is -3.12. The monoisotopic (exact) mass is 496 g/mol. The highest BCUT2D eigenvalue weighted by atomic mass is 32.1. The van der Waals surface area contributed by atoms with Gasteiger partial charge in [-0.3, -0.25) is 19.2 Å². The lowest BCUT2D eigenvalue weighted by Crippen LogP contribution is -2.58. The Morgan fingerprint density at radius 1 is 0.882 bits per heavy atom. The molecule has 0 saturated heterocycles. The van der Waals surface area contributed by atoms with E-state index < -0.39 is 60.2 Å². The highest BCUT2D eigenvalue weighted by molar-refractivity contribution is 7.80. The van der Waals surface area contributed by atoms with Gasteiger partial charge in [-0.2, -0.15) is 12.6 Å². The van der Waals surface area contributed by atoms with Gasteiger partial charge in [-0.1, -0.05) is 44.2 Å². The first-order valence-corrected chi connectivity index (χ1v) is 11.4. The number of nitrogens with two attached hydrogens (primary N) is 1. The van der Waals surface area contributed by atoms with E-state index in [1.807, 2.05) is 0 Å². The van der Waals surface area contributed by atoms with Gasteiger partial charge in [0, 0.05) is 18.6 Å². The van der Waals surface area contributed by atoms with Gasteiger partial charge in [0.15, 0.2) is 0 Å². The van der Waals surface area contributed by atoms with Crippen molar-refractivity contribution in [2.24, 2.45) is 11.7 Å². The minimum absolute atomic E-state index is 0.0302. The number of carbonyl (C=O) groups is 5. The molecule has 3 amide bonds. The van der Waals surface area contributed by atoms with Crippen LogP contribution in [0.3, 0.4) is 0 Å². The number of carboxylic acid groups (broad SMARTS) is 2. The van der Waals surface area contributed by atoms with Crippen LogP contribution in [-0.2, 0) is 30.4 Å². The number of carboxylic acids is 2. The molecule has 0 saturated carbocycles. The summed E-state index contributed by atoms with van der Waals surface area (Å²) in [6.07, 6.45) is -0.611. The van der Waals surface area contributed by atoms with E-state index in [0.717, 1.165) is 0 Å². The van der Waals surface area contributed by atoms with Gasteiger partial charge in [0.05, 0.1) is 6.04 Å². The normalized spacial score (nSPS) is 14.4. The van der Waals surface area contributed by atoms with E-state index in [4.69, 9.17) is 10.8 Å². The van der Waals surface area contributed by atoms with E-state index in [9.17, 15) is 29.1 Å². The van der Waals surface area contributed by atoms with Crippen molar-refractivity contribution in [3.63, 3.8) is 0 Å². The number of thiol groups is 1. The fraction of sp³-hybridized carbons (Fsp3) is 0.500. The van der Waals surface area contributed by atoms with Gasteiger partial charge >= 0.3 is 11.9 Å². The van der Waals surface area contributed by atoms with Gasteiger partial charge in [-0.05, 0) is 17.9 Å². The Kier molecular flexibility index (Phi) is 12.1. The smallest absolute Gasteiger partial charge is 0.327 e. The maximum absolute atomic E-state index is 13.0. The van der Waals surface area contributed by atoms with E-state index in [1.165, 1.54) is 0 Å².